The fraction of sp³-hybridized carbons (Fsp3) is 1.00. The number of hydrogen-bond acceptors (Lipinski definition) is 3. The lowest BCUT2D eigenvalue weighted by Gasteiger charge is -2.34. The summed E-state index contributed by atoms with van der Waals surface area (Å²) in [6.07, 6.45) is 2.10. The maximum atomic E-state index is 9.93. The SMILES string of the molecule is CCC(CC)(CO)C(O)CC1CO1. The van der Waals surface area contributed by atoms with Crippen molar-refractivity contribution in [3.05, 3.63) is 0 Å². The van der Waals surface area contributed by atoms with Gasteiger partial charge in [0.1, 0.15) is 0 Å². The Hall–Kier alpha value is -0.120. The van der Waals surface area contributed by atoms with E-state index in [0.717, 1.165) is 19.4 Å². The average molecular weight is 188 g/mol. The topological polar surface area (TPSA) is 53.0 Å². The van der Waals surface area contributed by atoms with Gasteiger partial charge in [-0.1, -0.05) is 13.8 Å². The van der Waals surface area contributed by atoms with Crippen molar-refractivity contribution in [2.75, 3.05) is 13.2 Å². The molecule has 2 unspecified atom stereocenters. The Bertz CT molecular complexity index is 142. The highest BCUT2D eigenvalue weighted by molar-refractivity contribution is 4.87. The van der Waals surface area contributed by atoms with Crippen LogP contribution in [0.5, 0.6) is 0 Å². The summed E-state index contributed by atoms with van der Waals surface area (Å²) in [7, 11) is 0. The van der Waals surface area contributed by atoms with E-state index in [1.54, 1.807) is 0 Å². The molecule has 1 aliphatic rings. The van der Waals surface area contributed by atoms with Crippen LogP contribution in [0.15, 0.2) is 0 Å². The van der Waals surface area contributed by atoms with Gasteiger partial charge in [0.05, 0.1) is 25.4 Å². The zero-order valence-corrected chi connectivity index (χ0v) is 8.49. The van der Waals surface area contributed by atoms with Gasteiger partial charge in [-0.3, -0.25) is 0 Å². The summed E-state index contributed by atoms with van der Waals surface area (Å²) in [6.45, 7) is 4.85. The molecule has 0 aromatic carbocycles. The summed E-state index contributed by atoms with van der Waals surface area (Å²) in [5.74, 6) is 0. The molecule has 1 heterocycles. The maximum Gasteiger partial charge on any atom is 0.0834 e. The minimum Gasteiger partial charge on any atom is -0.396 e. The van der Waals surface area contributed by atoms with Crippen molar-refractivity contribution in [1.29, 1.82) is 0 Å². The smallest absolute Gasteiger partial charge is 0.0834 e. The van der Waals surface area contributed by atoms with Gasteiger partial charge in [-0.15, -0.1) is 0 Å². The van der Waals surface area contributed by atoms with Gasteiger partial charge < -0.3 is 14.9 Å². The molecule has 2 atom stereocenters. The lowest BCUT2D eigenvalue weighted by Crippen LogP contribution is -2.38. The first-order valence-corrected chi connectivity index (χ1v) is 5.09. The molecule has 0 aromatic heterocycles. The number of epoxide rings is 1. The highest BCUT2D eigenvalue weighted by atomic mass is 16.6. The second-order valence-corrected chi connectivity index (χ2v) is 3.93. The first-order chi connectivity index (χ1) is 6.18. The van der Waals surface area contributed by atoms with Gasteiger partial charge in [0.2, 0.25) is 0 Å². The van der Waals surface area contributed by atoms with Crippen molar-refractivity contribution in [1.82, 2.24) is 0 Å². The number of ether oxygens (including phenoxy) is 1. The lowest BCUT2D eigenvalue weighted by atomic mass is 9.76. The monoisotopic (exact) mass is 188 g/mol. The Morgan fingerprint density at radius 3 is 2.31 bits per heavy atom. The van der Waals surface area contributed by atoms with E-state index in [1.807, 2.05) is 13.8 Å². The van der Waals surface area contributed by atoms with Crippen LogP contribution in [0.25, 0.3) is 0 Å². The number of rotatable bonds is 6. The Morgan fingerprint density at radius 2 is 2.00 bits per heavy atom. The van der Waals surface area contributed by atoms with Crippen molar-refractivity contribution < 1.29 is 14.9 Å². The third-order valence-electron chi connectivity index (χ3n) is 3.32. The molecule has 3 nitrogen and oxygen atoms in total. The first-order valence-electron chi connectivity index (χ1n) is 5.09. The molecule has 0 aromatic rings. The molecule has 1 aliphatic heterocycles. The molecule has 0 bridgehead atoms. The van der Waals surface area contributed by atoms with Crippen molar-refractivity contribution in [3.63, 3.8) is 0 Å². The van der Waals surface area contributed by atoms with Gasteiger partial charge in [0, 0.05) is 11.8 Å². The van der Waals surface area contributed by atoms with Gasteiger partial charge >= 0.3 is 0 Å². The van der Waals surface area contributed by atoms with Crippen LogP contribution < -0.4 is 0 Å². The molecular formula is C10H20O3. The van der Waals surface area contributed by atoms with E-state index in [0.29, 0.717) is 6.42 Å². The molecule has 1 saturated heterocycles. The Balaban J connectivity index is 2.49. The van der Waals surface area contributed by atoms with Gasteiger partial charge in [-0.2, -0.15) is 0 Å². The first kappa shape index (κ1) is 11.0. The third-order valence-corrected chi connectivity index (χ3v) is 3.32. The van der Waals surface area contributed by atoms with Crippen molar-refractivity contribution in [2.24, 2.45) is 5.41 Å². The van der Waals surface area contributed by atoms with E-state index in [1.165, 1.54) is 0 Å². The summed E-state index contributed by atoms with van der Waals surface area (Å²) >= 11 is 0. The molecule has 78 valence electrons. The van der Waals surface area contributed by atoms with E-state index in [4.69, 9.17) is 4.74 Å². The fourth-order valence-electron chi connectivity index (χ4n) is 1.75. The van der Waals surface area contributed by atoms with Crippen molar-refractivity contribution >= 4 is 0 Å². The second kappa shape index (κ2) is 4.40. The van der Waals surface area contributed by atoms with Gasteiger partial charge in [-0.25, -0.2) is 0 Å². The number of hydrogen-bond donors (Lipinski definition) is 2. The van der Waals surface area contributed by atoms with Gasteiger partial charge in [0.25, 0.3) is 0 Å². The molecule has 2 N–H and O–H groups in total. The van der Waals surface area contributed by atoms with Crippen molar-refractivity contribution in [2.45, 2.75) is 45.3 Å². The zero-order valence-electron chi connectivity index (χ0n) is 8.49. The summed E-state index contributed by atoms with van der Waals surface area (Å²) in [4.78, 5) is 0. The fourth-order valence-corrected chi connectivity index (χ4v) is 1.75. The molecule has 0 radical (unpaired) electrons. The standard InChI is InChI=1S/C10H20O3/c1-3-10(4-2,7-11)9(12)5-8-6-13-8/h8-9,11-12H,3-7H2,1-2H3. The van der Waals surface area contributed by atoms with Crippen LogP contribution in [0, 0.1) is 5.41 Å². The molecule has 1 fully saturated rings. The van der Waals surface area contributed by atoms with Gasteiger partial charge in [0.15, 0.2) is 0 Å². The highest BCUT2D eigenvalue weighted by Gasteiger charge is 2.38. The van der Waals surface area contributed by atoms with Crippen LogP contribution in [-0.4, -0.2) is 35.6 Å². The highest BCUT2D eigenvalue weighted by Crippen LogP contribution is 2.34. The second-order valence-electron chi connectivity index (χ2n) is 3.93. The maximum absolute atomic E-state index is 9.93. The lowest BCUT2D eigenvalue weighted by molar-refractivity contribution is -0.0312. The summed E-state index contributed by atoms with van der Waals surface area (Å²) in [5, 5.41) is 19.2. The normalized spacial score (nSPS) is 24.5. The molecule has 3 heteroatoms. The van der Waals surface area contributed by atoms with Gasteiger partial charge in [-0.05, 0) is 12.8 Å². The van der Waals surface area contributed by atoms with E-state index in [9.17, 15) is 10.2 Å². The summed E-state index contributed by atoms with van der Waals surface area (Å²) < 4.78 is 5.07. The predicted molar refractivity (Wildman–Crippen MR) is 50.5 cm³/mol. The Morgan fingerprint density at radius 1 is 1.46 bits per heavy atom. The van der Waals surface area contributed by atoms with Crippen LogP contribution in [0.2, 0.25) is 0 Å². The third kappa shape index (κ3) is 2.42. The minimum absolute atomic E-state index is 0.0634. The molecule has 0 amide bonds. The molecule has 0 saturated carbocycles. The molecule has 0 aliphatic carbocycles. The van der Waals surface area contributed by atoms with Crippen LogP contribution in [-0.2, 0) is 4.74 Å². The van der Waals surface area contributed by atoms with E-state index < -0.39 is 6.10 Å². The van der Waals surface area contributed by atoms with Crippen LogP contribution in [0.3, 0.4) is 0 Å². The molecule has 0 spiro atoms. The zero-order chi connectivity index (χ0) is 9.90. The van der Waals surface area contributed by atoms with Crippen LogP contribution >= 0.6 is 0 Å². The molecule has 1 rings (SSSR count). The summed E-state index contributed by atoms with van der Waals surface area (Å²) in [5.41, 5.74) is -0.314. The summed E-state index contributed by atoms with van der Waals surface area (Å²) in [6, 6.07) is 0. The number of aliphatic hydroxyl groups excluding tert-OH is 2. The van der Waals surface area contributed by atoms with E-state index in [-0.39, 0.29) is 18.1 Å². The average Bonchev–Trinajstić information content (AvgIpc) is 2.92. The molecule has 13 heavy (non-hydrogen) atoms. The number of aliphatic hydroxyl groups is 2. The van der Waals surface area contributed by atoms with E-state index >= 15 is 0 Å². The largest absolute Gasteiger partial charge is 0.396 e. The quantitative estimate of drug-likeness (QED) is 0.610. The van der Waals surface area contributed by atoms with Crippen LogP contribution in [0.4, 0.5) is 0 Å². The predicted octanol–water partition coefficient (Wildman–Crippen LogP) is 0.935. The van der Waals surface area contributed by atoms with Crippen LogP contribution in [0.1, 0.15) is 33.1 Å². The van der Waals surface area contributed by atoms with Crippen molar-refractivity contribution in [3.8, 4) is 0 Å². The Kier molecular flexibility index (Phi) is 3.71. The molecular weight excluding hydrogens is 168 g/mol. The van der Waals surface area contributed by atoms with E-state index in [2.05, 4.69) is 0 Å². The minimum atomic E-state index is -0.431. The Labute approximate surface area is 79.7 Å².